The molecule has 4 nitrogen and oxygen atoms in total. The Labute approximate surface area is 111 Å². The van der Waals surface area contributed by atoms with E-state index >= 15 is 0 Å². The topological polar surface area (TPSA) is 51.4 Å². The summed E-state index contributed by atoms with van der Waals surface area (Å²) >= 11 is 1.68. The number of ether oxygens (including phenoxy) is 1. The lowest BCUT2D eigenvalue weighted by atomic mass is 10.2. The lowest BCUT2D eigenvalue weighted by molar-refractivity contribution is 0.205. The minimum absolute atomic E-state index is 0.696. The Bertz CT molecular complexity index is 538. The van der Waals surface area contributed by atoms with Crippen LogP contribution < -0.4 is 10.6 Å². The van der Waals surface area contributed by atoms with Gasteiger partial charge in [-0.15, -0.1) is 11.3 Å². The molecule has 0 radical (unpaired) electrons. The van der Waals surface area contributed by atoms with Gasteiger partial charge in [-0.25, -0.2) is 4.98 Å². The van der Waals surface area contributed by atoms with Crippen molar-refractivity contribution >= 4 is 32.9 Å². The first kappa shape index (κ1) is 13.1. The molecule has 1 aromatic carbocycles. The van der Waals surface area contributed by atoms with E-state index < -0.39 is 0 Å². The van der Waals surface area contributed by atoms with Crippen molar-refractivity contribution in [2.45, 2.75) is 13.8 Å². The number of hydrogen-bond donors (Lipinski definition) is 1. The van der Waals surface area contributed by atoms with Gasteiger partial charge in [0.15, 0.2) is 0 Å². The first-order valence-corrected chi connectivity index (χ1v) is 6.88. The molecule has 0 bridgehead atoms. The lowest BCUT2D eigenvalue weighted by Gasteiger charge is -2.24. The van der Waals surface area contributed by atoms with E-state index in [1.165, 1.54) is 0 Å². The summed E-state index contributed by atoms with van der Waals surface area (Å²) in [7, 11) is 1.71. The van der Waals surface area contributed by atoms with Crippen LogP contribution in [0.4, 0.5) is 11.4 Å². The molecule has 1 heterocycles. The quantitative estimate of drug-likeness (QED) is 0.844. The molecule has 18 heavy (non-hydrogen) atoms. The van der Waals surface area contributed by atoms with Crippen LogP contribution in [0, 0.1) is 6.92 Å². The Kier molecular flexibility index (Phi) is 4.04. The predicted octanol–water partition coefficient (Wildman–Crippen LogP) is 2.66. The summed E-state index contributed by atoms with van der Waals surface area (Å²) in [6, 6.07) is 4.10. The molecular formula is C13H19N3OS. The second kappa shape index (κ2) is 5.54. The molecule has 0 atom stereocenters. The van der Waals surface area contributed by atoms with E-state index in [2.05, 4.69) is 22.9 Å². The summed E-state index contributed by atoms with van der Waals surface area (Å²) in [5.41, 5.74) is 9.02. The second-order valence-corrected chi connectivity index (χ2v) is 5.42. The van der Waals surface area contributed by atoms with Gasteiger partial charge in [-0.1, -0.05) is 0 Å². The van der Waals surface area contributed by atoms with E-state index in [-0.39, 0.29) is 0 Å². The van der Waals surface area contributed by atoms with E-state index in [9.17, 15) is 0 Å². The van der Waals surface area contributed by atoms with Gasteiger partial charge in [-0.3, -0.25) is 0 Å². The Morgan fingerprint density at radius 3 is 2.89 bits per heavy atom. The molecule has 2 rings (SSSR count). The highest BCUT2D eigenvalue weighted by atomic mass is 32.1. The fourth-order valence-electron chi connectivity index (χ4n) is 2.02. The maximum atomic E-state index is 6.14. The van der Waals surface area contributed by atoms with Gasteiger partial charge < -0.3 is 15.4 Å². The molecule has 2 aromatic rings. The number of benzene rings is 1. The van der Waals surface area contributed by atoms with Crippen LogP contribution in [0.5, 0.6) is 0 Å². The average Bonchev–Trinajstić information content (AvgIpc) is 2.69. The van der Waals surface area contributed by atoms with Crippen LogP contribution in [-0.4, -0.2) is 31.8 Å². The number of aromatic nitrogens is 1. The van der Waals surface area contributed by atoms with Crippen molar-refractivity contribution in [3.63, 3.8) is 0 Å². The van der Waals surface area contributed by atoms with Gasteiger partial charge in [0.1, 0.15) is 0 Å². The van der Waals surface area contributed by atoms with Crippen molar-refractivity contribution < 1.29 is 4.74 Å². The van der Waals surface area contributed by atoms with E-state index in [4.69, 9.17) is 10.5 Å². The number of nitrogen functional groups attached to an aromatic ring is 1. The average molecular weight is 265 g/mol. The predicted molar refractivity (Wildman–Crippen MR) is 78.5 cm³/mol. The third-order valence-corrected chi connectivity index (χ3v) is 3.87. The fourth-order valence-corrected chi connectivity index (χ4v) is 2.88. The molecule has 2 N–H and O–H groups in total. The standard InChI is InChI=1S/C13H19N3OS/c1-4-16(5-6-17-3)12-8-11-13(7-10(12)14)18-9(2)15-11/h7-8H,4-6,14H2,1-3H3. The van der Waals surface area contributed by atoms with Crippen LogP contribution in [0.1, 0.15) is 11.9 Å². The van der Waals surface area contributed by atoms with Crippen LogP contribution in [0.15, 0.2) is 12.1 Å². The Hall–Kier alpha value is -1.33. The van der Waals surface area contributed by atoms with Crippen molar-refractivity contribution in [2.75, 3.05) is 37.4 Å². The normalized spacial score (nSPS) is 11.1. The van der Waals surface area contributed by atoms with E-state index in [1.54, 1.807) is 18.4 Å². The molecule has 0 spiro atoms. The number of likely N-dealkylation sites (N-methyl/N-ethyl adjacent to an activating group) is 1. The van der Waals surface area contributed by atoms with Crippen molar-refractivity contribution in [1.82, 2.24) is 4.98 Å². The van der Waals surface area contributed by atoms with Gasteiger partial charge in [0.25, 0.3) is 0 Å². The molecule has 1 aromatic heterocycles. The van der Waals surface area contributed by atoms with Crippen LogP contribution >= 0.6 is 11.3 Å². The lowest BCUT2D eigenvalue weighted by Crippen LogP contribution is -2.27. The monoisotopic (exact) mass is 265 g/mol. The summed E-state index contributed by atoms with van der Waals surface area (Å²) < 4.78 is 6.28. The summed E-state index contributed by atoms with van der Waals surface area (Å²) in [6.45, 7) is 6.57. The minimum Gasteiger partial charge on any atom is -0.397 e. The number of hydrogen-bond acceptors (Lipinski definition) is 5. The summed E-state index contributed by atoms with van der Waals surface area (Å²) in [5, 5.41) is 1.07. The van der Waals surface area contributed by atoms with Gasteiger partial charge >= 0.3 is 0 Å². The van der Waals surface area contributed by atoms with Gasteiger partial charge in [0, 0.05) is 20.2 Å². The molecule has 0 saturated heterocycles. The fraction of sp³-hybridized carbons (Fsp3) is 0.462. The van der Waals surface area contributed by atoms with Gasteiger partial charge in [0.2, 0.25) is 0 Å². The van der Waals surface area contributed by atoms with E-state index in [1.807, 2.05) is 13.0 Å². The Morgan fingerprint density at radius 2 is 2.22 bits per heavy atom. The molecule has 0 unspecified atom stereocenters. The van der Waals surface area contributed by atoms with Crippen LogP contribution in [0.25, 0.3) is 10.2 Å². The largest absolute Gasteiger partial charge is 0.397 e. The number of aryl methyl sites for hydroxylation is 1. The zero-order valence-electron chi connectivity index (χ0n) is 11.1. The Balaban J connectivity index is 2.38. The molecule has 0 fully saturated rings. The summed E-state index contributed by atoms with van der Waals surface area (Å²) in [4.78, 5) is 6.73. The van der Waals surface area contributed by atoms with Crippen molar-refractivity contribution in [1.29, 1.82) is 0 Å². The van der Waals surface area contributed by atoms with Gasteiger partial charge in [0.05, 0.1) is 33.2 Å². The van der Waals surface area contributed by atoms with E-state index in [0.29, 0.717) is 6.61 Å². The zero-order valence-corrected chi connectivity index (χ0v) is 11.9. The maximum absolute atomic E-state index is 6.14. The highest BCUT2D eigenvalue weighted by Gasteiger charge is 2.11. The smallest absolute Gasteiger partial charge is 0.0907 e. The minimum atomic E-state index is 0.696. The number of thiazole rings is 1. The summed E-state index contributed by atoms with van der Waals surface area (Å²) in [5.74, 6) is 0. The number of rotatable bonds is 5. The maximum Gasteiger partial charge on any atom is 0.0907 e. The molecule has 5 heteroatoms. The highest BCUT2D eigenvalue weighted by Crippen LogP contribution is 2.31. The van der Waals surface area contributed by atoms with Crippen LogP contribution in [-0.2, 0) is 4.74 Å². The third kappa shape index (κ3) is 2.57. The third-order valence-electron chi connectivity index (χ3n) is 2.93. The van der Waals surface area contributed by atoms with Crippen molar-refractivity contribution in [3.05, 3.63) is 17.1 Å². The number of anilines is 2. The zero-order chi connectivity index (χ0) is 13.1. The van der Waals surface area contributed by atoms with Gasteiger partial charge in [-0.2, -0.15) is 0 Å². The van der Waals surface area contributed by atoms with Crippen LogP contribution in [0.2, 0.25) is 0 Å². The highest BCUT2D eigenvalue weighted by molar-refractivity contribution is 7.18. The Morgan fingerprint density at radius 1 is 1.44 bits per heavy atom. The van der Waals surface area contributed by atoms with Gasteiger partial charge in [-0.05, 0) is 26.0 Å². The van der Waals surface area contributed by atoms with Crippen molar-refractivity contribution in [2.24, 2.45) is 0 Å². The number of methoxy groups -OCH3 is 1. The number of fused-ring (bicyclic) bond motifs is 1. The molecule has 98 valence electrons. The molecular weight excluding hydrogens is 246 g/mol. The first-order chi connectivity index (χ1) is 8.65. The van der Waals surface area contributed by atoms with Crippen LogP contribution in [0.3, 0.4) is 0 Å². The molecule has 0 saturated carbocycles. The van der Waals surface area contributed by atoms with E-state index in [0.717, 1.165) is 39.7 Å². The SMILES string of the molecule is CCN(CCOC)c1cc2nc(C)sc2cc1N. The number of nitrogens with zero attached hydrogens (tertiary/aromatic N) is 2. The first-order valence-electron chi connectivity index (χ1n) is 6.06. The second-order valence-electron chi connectivity index (χ2n) is 4.18. The molecule has 0 aliphatic carbocycles. The molecule has 0 amide bonds. The number of nitrogens with two attached hydrogens (primary N) is 1. The van der Waals surface area contributed by atoms with Crippen molar-refractivity contribution in [3.8, 4) is 0 Å². The molecule has 0 aliphatic rings. The molecule has 0 aliphatic heterocycles. The summed E-state index contributed by atoms with van der Waals surface area (Å²) in [6.07, 6.45) is 0.